The summed E-state index contributed by atoms with van der Waals surface area (Å²) in [7, 11) is 1.64. The van der Waals surface area contributed by atoms with E-state index in [9.17, 15) is 4.39 Å². The van der Waals surface area contributed by atoms with Gasteiger partial charge < -0.3 is 19.0 Å². The van der Waals surface area contributed by atoms with Crippen molar-refractivity contribution in [2.45, 2.75) is 33.7 Å². The molecule has 5 aromatic rings. The Morgan fingerprint density at radius 3 is 2.43 bits per heavy atom. The second-order valence-electron chi connectivity index (χ2n) is 8.77. The maximum Gasteiger partial charge on any atom is 0.192 e. The summed E-state index contributed by atoms with van der Waals surface area (Å²) in [6.07, 6.45) is 0. The number of fused-ring (bicyclic) bond motifs is 1. The Morgan fingerprint density at radius 2 is 1.77 bits per heavy atom. The van der Waals surface area contributed by atoms with E-state index in [2.05, 4.69) is 34.8 Å². The number of ether oxygens (including phenoxy) is 1. The first-order chi connectivity index (χ1) is 16.9. The van der Waals surface area contributed by atoms with Gasteiger partial charge in [-0.1, -0.05) is 6.07 Å². The maximum atomic E-state index is 13.5. The number of hydrogen-bond acceptors (Lipinski definition) is 5. The highest BCUT2D eigenvalue weighted by Gasteiger charge is 2.19. The van der Waals surface area contributed by atoms with E-state index >= 15 is 0 Å². The lowest BCUT2D eigenvalue weighted by atomic mass is 10.1. The SMILES string of the molecule is COc1cc(Nc2cccc3c2nc(-c2ccc(F)cc2)n3C(C)C)ccc1-c1oc(C)nc1C. The van der Waals surface area contributed by atoms with Crippen molar-refractivity contribution in [2.24, 2.45) is 0 Å². The first kappa shape index (κ1) is 22.7. The molecule has 178 valence electrons. The highest BCUT2D eigenvalue weighted by atomic mass is 19.1. The van der Waals surface area contributed by atoms with Crippen molar-refractivity contribution in [3.8, 4) is 28.5 Å². The molecule has 0 atom stereocenters. The predicted molar refractivity (Wildman–Crippen MR) is 137 cm³/mol. The molecule has 0 saturated heterocycles. The molecule has 0 fully saturated rings. The Morgan fingerprint density at radius 1 is 1.00 bits per heavy atom. The summed E-state index contributed by atoms with van der Waals surface area (Å²) in [5.41, 5.74) is 6.09. The normalized spacial score (nSPS) is 11.4. The zero-order chi connectivity index (χ0) is 24.7. The molecule has 3 aromatic carbocycles. The molecule has 6 nitrogen and oxygen atoms in total. The van der Waals surface area contributed by atoms with Crippen molar-refractivity contribution in [1.82, 2.24) is 14.5 Å². The molecule has 0 aliphatic carbocycles. The second-order valence-corrected chi connectivity index (χ2v) is 8.77. The minimum absolute atomic E-state index is 0.170. The van der Waals surface area contributed by atoms with Crippen LogP contribution in [0.1, 0.15) is 31.5 Å². The van der Waals surface area contributed by atoms with Gasteiger partial charge in [0.05, 0.1) is 29.6 Å². The zero-order valence-electron chi connectivity index (χ0n) is 20.4. The topological polar surface area (TPSA) is 65.1 Å². The number of benzene rings is 3. The average molecular weight is 471 g/mol. The molecule has 1 N–H and O–H groups in total. The fourth-order valence-corrected chi connectivity index (χ4v) is 4.44. The molecule has 0 aliphatic rings. The number of anilines is 2. The third-order valence-electron chi connectivity index (χ3n) is 5.97. The van der Waals surface area contributed by atoms with Crippen LogP contribution in [0.25, 0.3) is 33.7 Å². The predicted octanol–water partition coefficient (Wildman–Crippen LogP) is 7.45. The van der Waals surface area contributed by atoms with Gasteiger partial charge in [0.2, 0.25) is 0 Å². The Hall–Kier alpha value is -4.13. The van der Waals surface area contributed by atoms with Crippen molar-refractivity contribution in [3.05, 3.63) is 78.1 Å². The summed E-state index contributed by atoms with van der Waals surface area (Å²) in [5, 5.41) is 3.50. The van der Waals surface area contributed by atoms with Crippen molar-refractivity contribution in [3.63, 3.8) is 0 Å². The minimum atomic E-state index is -0.267. The van der Waals surface area contributed by atoms with Crippen molar-refractivity contribution >= 4 is 22.4 Å². The quantitative estimate of drug-likeness (QED) is 0.279. The van der Waals surface area contributed by atoms with Crippen molar-refractivity contribution in [1.29, 1.82) is 0 Å². The van der Waals surface area contributed by atoms with E-state index in [1.807, 2.05) is 44.2 Å². The van der Waals surface area contributed by atoms with Crippen LogP contribution in [-0.4, -0.2) is 21.6 Å². The molecule has 2 heterocycles. The van der Waals surface area contributed by atoms with E-state index < -0.39 is 0 Å². The van der Waals surface area contributed by atoms with Crippen LogP contribution in [0.2, 0.25) is 0 Å². The Bertz CT molecular complexity index is 1520. The number of nitrogens with zero attached hydrogens (tertiary/aromatic N) is 3. The first-order valence-corrected chi connectivity index (χ1v) is 11.5. The highest BCUT2D eigenvalue weighted by molar-refractivity contribution is 5.93. The number of imidazole rings is 1. The van der Waals surface area contributed by atoms with Gasteiger partial charge in [-0.05, 0) is 69.3 Å². The molecule has 0 spiro atoms. The van der Waals surface area contributed by atoms with Gasteiger partial charge in [0.1, 0.15) is 22.9 Å². The molecule has 35 heavy (non-hydrogen) atoms. The number of aryl methyl sites for hydroxylation is 2. The van der Waals surface area contributed by atoms with E-state index in [1.54, 1.807) is 19.2 Å². The van der Waals surface area contributed by atoms with Crippen LogP contribution < -0.4 is 10.1 Å². The largest absolute Gasteiger partial charge is 0.496 e. The van der Waals surface area contributed by atoms with Gasteiger partial charge in [-0.25, -0.2) is 14.4 Å². The van der Waals surface area contributed by atoms with Gasteiger partial charge in [-0.15, -0.1) is 0 Å². The summed E-state index contributed by atoms with van der Waals surface area (Å²) in [6, 6.07) is 18.6. The fraction of sp³-hybridized carbons (Fsp3) is 0.214. The number of rotatable bonds is 6. The monoisotopic (exact) mass is 470 g/mol. The number of oxazole rings is 1. The lowest BCUT2D eigenvalue weighted by molar-refractivity contribution is 0.414. The van der Waals surface area contributed by atoms with Crippen LogP contribution in [0.3, 0.4) is 0 Å². The van der Waals surface area contributed by atoms with E-state index in [0.717, 1.165) is 45.1 Å². The molecule has 5 rings (SSSR count). The summed E-state index contributed by atoms with van der Waals surface area (Å²) in [6.45, 7) is 7.98. The number of halogens is 1. The Balaban J connectivity index is 1.57. The molecule has 0 aliphatic heterocycles. The number of nitrogens with one attached hydrogen (secondary N) is 1. The molecule has 0 saturated carbocycles. The van der Waals surface area contributed by atoms with Crippen LogP contribution >= 0.6 is 0 Å². The van der Waals surface area contributed by atoms with Crippen LogP contribution in [0, 0.1) is 19.7 Å². The van der Waals surface area contributed by atoms with Crippen LogP contribution in [0.15, 0.2) is 65.1 Å². The molecule has 2 aromatic heterocycles. The minimum Gasteiger partial charge on any atom is -0.496 e. The van der Waals surface area contributed by atoms with Gasteiger partial charge in [0, 0.05) is 30.3 Å². The third-order valence-corrected chi connectivity index (χ3v) is 5.97. The van der Waals surface area contributed by atoms with Crippen LogP contribution in [0.5, 0.6) is 5.75 Å². The summed E-state index contributed by atoms with van der Waals surface area (Å²) >= 11 is 0. The number of methoxy groups -OCH3 is 1. The fourth-order valence-electron chi connectivity index (χ4n) is 4.44. The number of para-hydroxylation sites is 1. The molecular weight excluding hydrogens is 443 g/mol. The summed E-state index contributed by atoms with van der Waals surface area (Å²) in [5.74, 6) is 2.53. The smallest absolute Gasteiger partial charge is 0.192 e. The Labute approximate surface area is 203 Å². The maximum absolute atomic E-state index is 13.5. The van der Waals surface area contributed by atoms with Gasteiger partial charge in [-0.2, -0.15) is 0 Å². The number of hydrogen-bond donors (Lipinski definition) is 1. The van der Waals surface area contributed by atoms with Gasteiger partial charge in [0.15, 0.2) is 11.7 Å². The van der Waals surface area contributed by atoms with Gasteiger partial charge in [0.25, 0.3) is 0 Å². The van der Waals surface area contributed by atoms with E-state index in [0.29, 0.717) is 17.4 Å². The molecule has 0 unspecified atom stereocenters. The standard InChI is InChI=1S/C28H27FN4O2/c1-16(2)33-24-8-6-7-23(26(24)32-28(33)19-9-11-20(29)12-10-19)31-21-13-14-22(25(15-21)34-5)27-17(3)30-18(4)35-27/h6-16,31H,1-5H3. The zero-order valence-corrected chi connectivity index (χ0v) is 20.4. The molecule has 0 radical (unpaired) electrons. The Kier molecular flexibility index (Phi) is 5.76. The molecule has 0 amide bonds. The van der Waals surface area contributed by atoms with Crippen molar-refractivity contribution < 1.29 is 13.5 Å². The second kappa shape index (κ2) is 8.91. The van der Waals surface area contributed by atoms with Gasteiger partial charge >= 0.3 is 0 Å². The molecule has 0 bridgehead atoms. The molecule has 7 heteroatoms. The van der Waals surface area contributed by atoms with E-state index in [1.165, 1.54) is 12.1 Å². The third kappa shape index (κ3) is 4.14. The average Bonchev–Trinajstić information content (AvgIpc) is 3.39. The highest BCUT2D eigenvalue weighted by Crippen LogP contribution is 2.37. The van der Waals surface area contributed by atoms with Crippen LogP contribution in [-0.2, 0) is 0 Å². The summed E-state index contributed by atoms with van der Waals surface area (Å²) < 4.78 is 27.2. The lowest BCUT2D eigenvalue weighted by Crippen LogP contribution is -2.03. The van der Waals surface area contributed by atoms with E-state index in [-0.39, 0.29) is 11.9 Å². The van der Waals surface area contributed by atoms with Crippen molar-refractivity contribution in [2.75, 3.05) is 12.4 Å². The summed E-state index contributed by atoms with van der Waals surface area (Å²) in [4.78, 5) is 9.35. The lowest BCUT2D eigenvalue weighted by Gasteiger charge is -2.14. The number of aromatic nitrogens is 3. The van der Waals surface area contributed by atoms with Crippen LogP contribution in [0.4, 0.5) is 15.8 Å². The first-order valence-electron chi connectivity index (χ1n) is 11.5. The molecular formula is C28H27FN4O2. The van der Waals surface area contributed by atoms with Gasteiger partial charge in [-0.3, -0.25) is 0 Å². The van der Waals surface area contributed by atoms with E-state index in [4.69, 9.17) is 14.1 Å².